The van der Waals surface area contributed by atoms with Crippen LogP contribution >= 0.6 is 11.6 Å². The van der Waals surface area contributed by atoms with Crippen LogP contribution in [0.15, 0.2) is 182 Å². The average Bonchev–Trinajstić information content (AvgIpc) is 3.21. The SMILES string of the molecule is CC(C)(C)c1ccnc(-c2ccc(-c3ccccc3-c3cc(-c4ccccc4Cl)cc(-c4ccccc4-c4ccc(-c5ccccn5)cc4)c3)cc2)c1. The van der Waals surface area contributed by atoms with Gasteiger partial charge in [0.2, 0.25) is 0 Å². The molecule has 0 saturated heterocycles. The molecule has 0 aliphatic carbocycles. The van der Waals surface area contributed by atoms with Crippen molar-refractivity contribution in [3.05, 3.63) is 193 Å². The second-order valence-electron chi connectivity index (χ2n) is 14.4. The summed E-state index contributed by atoms with van der Waals surface area (Å²) in [5, 5.41) is 0.724. The van der Waals surface area contributed by atoms with Crippen LogP contribution in [0, 0.1) is 0 Å². The first-order chi connectivity index (χ1) is 25.8. The van der Waals surface area contributed by atoms with Gasteiger partial charge < -0.3 is 0 Å². The molecule has 0 unspecified atom stereocenters. The van der Waals surface area contributed by atoms with Crippen molar-refractivity contribution in [3.63, 3.8) is 0 Å². The Kier molecular flexibility index (Phi) is 9.31. The van der Waals surface area contributed by atoms with Gasteiger partial charge in [-0.1, -0.05) is 154 Å². The molecule has 8 aromatic rings. The molecule has 0 bridgehead atoms. The Bertz CT molecular complexity index is 2530. The lowest BCUT2D eigenvalue weighted by atomic mass is 9.86. The van der Waals surface area contributed by atoms with Crippen molar-refractivity contribution in [1.82, 2.24) is 9.97 Å². The molecule has 2 aromatic heterocycles. The highest BCUT2D eigenvalue weighted by molar-refractivity contribution is 6.33. The van der Waals surface area contributed by atoms with E-state index in [-0.39, 0.29) is 5.41 Å². The summed E-state index contributed by atoms with van der Waals surface area (Å²) in [5.41, 5.74) is 16.7. The largest absolute Gasteiger partial charge is 0.256 e. The van der Waals surface area contributed by atoms with Gasteiger partial charge in [0, 0.05) is 34.1 Å². The smallest absolute Gasteiger partial charge is 0.0704 e. The van der Waals surface area contributed by atoms with Gasteiger partial charge in [-0.3, -0.25) is 9.97 Å². The zero-order chi connectivity index (χ0) is 36.4. The molecular formula is C50H39ClN2. The Hall–Kier alpha value is -6.09. The van der Waals surface area contributed by atoms with E-state index in [4.69, 9.17) is 16.6 Å². The maximum atomic E-state index is 6.86. The maximum absolute atomic E-state index is 6.86. The lowest BCUT2D eigenvalue weighted by Crippen LogP contribution is -2.11. The number of benzene rings is 6. The fourth-order valence-electron chi connectivity index (χ4n) is 6.99. The lowest BCUT2D eigenvalue weighted by molar-refractivity contribution is 0.589. The van der Waals surface area contributed by atoms with Crippen LogP contribution in [-0.2, 0) is 5.41 Å². The van der Waals surface area contributed by atoms with Crippen molar-refractivity contribution in [3.8, 4) is 78.1 Å². The number of halogens is 1. The second kappa shape index (κ2) is 14.5. The zero-order valence-corrected chi connectivity index (χ0v) is 30.8. The summed E-state index contributed by atoms with van der Waals surface area (Å²) in [4.78, 5) is 9.25. The van der Waals surface area contributed by atoms with Gasteiger partial charge in [0.15, 0.2) is 0 Å². The summed E-state index contributed by atoms with van der Waals surface area (Å²) < 4.78 is 0. The predicted octanol–water partition coefficient (Wildman–Crippen LogP) is 14.1. The van der Waals surface area contributed by atoms with E-state index in [1.807, 2.05) is 48.8 Å². The number of aromatic nitrogens is 2. The van der Waals surface area contributed by atoms with E-state index in [1.165, 1.54) is 5.56 Å². The first kappa shape index (κ1) is 34.0. The molecule has 0 N–H and O–H groups in total. The summed E-state index contributed by atoms with van der Waals surface area (Å²) in [6, 6.07) is 60.0. The van der Waals surface area contributed by atoms with E-state index < -0.39 is 0 Å². The van der Waals surface area contributed by atoms with E-state index in [0.29, 0.717) is 0 Å². The van der Waals surface area contributed by atoms with Gasteiger partial charge in [0.1, 0.15) is 0 Å². The third kappa shape index (κ3) is 7.20. The Morgan fingerprint density at radius 1 is 0.358 bits per heavy atom. The fraction of sp³-hybridized carbons (Fsp3) is 0.0800. The first-order valence-electron chi connectivity index (χ1n) is 18.0. The van der Waals surface area contributed by atoms with Crippen molar-refractivity contribution >= 4 is 11.6 Å². The van der Waals surface area contributed by atoms with Gasteiger partial charge in [0.25, 0.3) is 0 Å². The second-order valence-corrected chi connectivity index (χ2v) is 14.8. The van der Waals surface area contributed by atoms with Crippen LogP contribution in [0.2, 0.25) is 5.02 Å². The third-order valence-electron chi connectivity index (χ3n) is 9.87. The lowest BCUT2D eigenvalue weighted by Gasteiger charge is -2.19. The van der Waals surface area contributed by atoms with Crippen LogP contribution in [0.3, 0.4) is 0 Å². The number of hydrogen-bond acceptors (Lipinski definition) is 2. The highest BCUT2D eigenvalue weighted by Gasteiger charge is 2.17. The van der Waals surface area contributed by atoms with Crippen molar-refractivity contribution in [2.24, 2.45) is 0 Å². The first-order valence-corrected chi connectivity index (χ1v) is 18.4. The van der Waals surface area contributed by atoms with Gasteiger partial charge >= 0.3 is 0 Å². The van der Waals surface area contributed by atoms with E-state index >= 15 is 0 Å². The van der Waals surface area contributed by atoms with E-state index in [2.05, 4.69) is 159 Å². The van der Waals surface area contributed by atoms with Gasteiger partial charge in [-0.25, -0.2) is 0 Å². The van der Waals surface area contributed by atoms with Crippen LogP contribution in [0.5, 0.6) is 0 Å². The highest BCUT2D eigenvalue weighted by atomic mass is 35.5. The van der Waals surface area contributed by atoms with Crippen LogP contribution in [0.25, 0.3) is 78.1 Å². The number of rotatable bonds is 7. The predicted molar refractivity (Wildman–Crippen MR) is 224 cm³/mol. The molecule has 0 saturated carbocycles. The van der Waals surface area contributed by atoms with E-state index in [0.717, 1.165) is 83.2 Å². The molecule has 0 aliphatic rings. The van der Waals surface area contributed by atoms with Crippen LogP contribution in [0.4, 0.5) is 0 Å². The molecule has 8 rings (SSSR count). The Morgan fingerprint density at radius 2 is 0.774 bits per heavy atom. The standard InChI is InChI=1S/C50H39ClN2/c1-50(2,3)41-27-29-53-49(33-41)37-25-21-35(22-26-37)43-13-5-7-15-45(43)39-30-38(31-40(32-39)46-16-8-9-17-47(46)51)44-14-6-4-12-42(44)34-19-23-36(24-20-34)48-18-10-11-28-52-48/h4-33H,1-3H3. The monoisotopic (exact) mass is 702 g/mol. The number of hydrogen-bond donors (Lipinski definition) is 0. The van der Waals surface area contributed by atoms with Gasteiger partial charge in [-0.2, -0.15) is 0 Å². The van der Waals surface area contributed by atoms with E-state index in [1.54, 1.807) is 0 Å². The molecule has 0 spiro atoms. The Labute approximate surface area is 317 Å². The Balaban J connectivity index is 1.23. The summed E-state index contributed by atoms with van der Waals surface area (Å²) in [7, 11) is 0. The quantitative estimate of drug-likeness (QED) is 0.165. The average molecular weight is 703 g/mol. The minimum absolute atomic E-state index is 0.0547. The molecular weight excluding hydrogens is 664 g/mol. The molecule has 6 aromatic carbocycles. The summed E-state index contributed by atoms with van der Waals surface area (Å²) in [6.07, 6.45) is 3.75. The zero-order valence-electron chi connectivity index (χ0n) is 30.1. The molecule has 0 amide bonds. The molecule has 2 nitrogen and oxygen atoms in total. The molecule has 0 fully saturated rings. The molecule has 3 heteroatoms. The fourth-order valence-corrected chi connectivity index (χ4v) is 7.24. The number of nitrogens with zero attached hydrogens (tertiary/aromatic N) is 2. The molecule has 53 heavy (non-hydrogen) atoms. The molecule has 0 radical (unpaired) electrons. The number of pyridine rings is 2. The molecule has 0 atom stereocenters. The Morgan fingerprint density at radius 3 is 1.26 bits per heavy atom. The van der Waals surface area contributed by atoms with Crippen LogP contribution in [-0.4, -0.2) is 9.97 Å². The van der Waals surface area contributed by atoms with E-state index in [9.17, 15) is 0 Å². The third-order valence-corrected chi connectivity index (χ3v) is 10.2. The summed E-state index contributed by atoms with van der Waals surface area (Å²) in [5.74, 6) is 0. The van der Waals surface area contributed by atoms with Gasteiger partial charge in [0.05, 0.1) is 11.4 Å². The van der Waals surface area contributed by atoms with Gasteiger partial charge in [-0.05, 0) is 110 Å². The van der Waals surface area contributed by atoms with Crippen molar-refractivity contribution in [2.45, 2.75) is 26.2 Å². The normalized spacial score (nSPS) is 11.4. The topological polar surface area (TPSA) is 25.8 Å². The molecule has 0 aliphatic heterocycles. The minimum Gasteiger partial charge on any atom is -0.256 e. The summed E-state index contributed by atoms with van der Waals surface area (Å²) in [6.45, 7) is 6.70. The maximum Gasteiger partial charge on any atom is 0.0704 e. The van der Waals surface area contributed by atoms with Crippen molar-refractivity contribution in [2.75, 3.05) is 0 Å². The molecule has 256 valence electrons. The highest BCUT2D eigenvalue weighted by Crippen LogP contribution is 2.41. The van der Waals surface area contributed by atoms with Crippen molar-refractivity contribution < 1.29 is 0 Å². The summed E-state index contributed by atoms with van der Waals surface area (Å²) >= 11 is 6.86. The molecule has 2 heterocycles. The van der Waals surface area contributed by atoms with Crippen LogP contribution < -0.4 is 0 Å². The van der Waals surface area contributed by atoms with Crippen molar-refractivity contribution in [1.29, 1.82) is 0 Å². The van der Waals surface area contributed by atoms with Crippen LogP contribution in [0.1, 0.15) is 26.3 Å². The van der Waals surface area contributed by atoms with Gasteiger partial charge in [-0.15, -0.1) is 0 Å². The minimum atomic E-state index is 0.0547.